The zero-order chi connectivity index (χ0) is 14.3. The molecule has 0 saturated carbocycles. The third kappa shape index (κ3) is 1.96. The summed E-state index contributed by atoms with van der Waals surface area (Å²) < 4.78 is 6.46. The van der Waals surface area contributed by atoms with Gasteiger partial charge >= 0.3 is 0 Å². The first kappa shape index (κ1) is 12.7. The lowest BCUT2D eigenvalue weighted by Crippen LogP contribution is -2.13. The predicted octanol–water partition coefficient (Wildman–Crippen LogP) is 2.66. The molecule has 0 radical (unpaired) electrons. The van der Waals surface area contributed by atoms with Crippen LogP contribution in [-0.2, 0) is 0 Å². The van der Waals surface area contributed by atoms with Crippen LogP contribution < -0.4 is 10.3 Å². The maximum atomic E-state index is 11.9. The summed E-state index contributed by atoms with van der Waals surface area (Å²) in [6.07, 6.45) is 0. The highest BCUT2D eigenvalue weighted by Crippen LogP contribution is 2.28. The first-order valence-electron chi connectivity index (χ1n) is 6.03. The zero-order valence-corrected chi connectivity index (χ0v) is 11.7. The van der Waals surface area contributed by atoms with Crippen LogP contribution in [0.25, 0.3) is 16.8 Å². The number of hydrogen-bond donors (Lipinski definition) is 1. The van der Waals surface area contributed by atoms with Crippen LogP contribution in [0.4, 0.5) is 0 Å². The molecule has 1 N–H and O–H groups in total. The van der Waals surface area contributed by atoms with Gasteiger partial charge in [-0.25, -0.2) is 0 Å². The molecule has 3 rings (SSSR count). The van der Waals surface area contributed by atoms with Crippen LogP contribution in [0.15, 0.2) is 35.1 Å². The average Bonchev–Trinajstić information content (AvgIpc) is 2.76. The van der Waals surface area contributed by atoms with E-state index in [1.165, 1.54) is 10.6 Å². The van der Waals surface area contributed by atoms with E-state index in [4.69, 9.17) is 16.3 Å². The minimum atomic E-state index is -0.258. The molecule has 0 aliphatic carbocycles. The first-order chi connectivity index (χ1) is 9.60. The highest BCUT2D eigenvalue weighted by Gasteiger charge is 2.14. The Labute approximate surface area is 119 Å². The number of ether oxygens (including phenoxy) is 1. The van der Waals surface area contributed by atoms with Crippen molar-refractivity contribution in [2.75, 3.05) is 7.11 Å². The zero-order valence-electron chi connectivity index (χ0n) is 11.0. The van der Waals surface area contributed by atoms with Crippen molar-refractivity contribution in [3.63, 3.8) is 0 Å². The Balaban J connectivity index is 2.29. The van der Waals surface area contributed by atoms with E-state index >= 15 is 0 Å². The van der Waals surface area contributed by atoms with Gasteiger partial charge in [0.1, 0.15) is 16.5 Å². The highest BCUT2D eigenvalue weighted by molar-refractivity contribution is 6.29. The standard InChI is InChI=1S/C14H12ClN3O2/c1-8-13(9-3-5-10(20-2)6-4-9)14-16-11(15)7-12(19)18(14)17-8/h3-7,16H,1-2H3. The number of aromatic nitrogens is 3. The fourth-order valence-corrected chi connectivity index (χ4v) is 2.41. The summed E-state index contributed by atoms with van der Waals surface area (Å²) in [6, 6.07) is 8.87. The molecule has 0 spiro atoms. The molecule has 0 aliphatic heterocycles. The summed E-state index contributed by atoms with van der Waals surface area (Å²) in [7, 11) is 1.62. The minimum absolute atomic E-state index is 0.258. The van der Waals surface area contributed by atoms with Crippen molar-refractivity contribution < 1.29 is 4.74 Å². The van der Waals surface area contributed by atoms with Crippen molar-refractivity contribution in [1.29, 1.82) is 0 Å². The molecular weight excluding hydrogens is 278 g/mol. The maximum absolute atomic E-state index is 11.9. The number of halogens is 1. The van der Waals surface area contributed by atoms with E-state index in [-0.39, 0.29) is 10.7 Å². The average molecular weight is 290 g/mol. The second-order valence-electron chi connectivity index (χ2n) is 4.40. The second-order valence-corrected chi connectivity index (χ2v) is 4.81. The summed E-state index contributed by atoms with van der Waals surface area (Å²) >= 11 is 5.92. The van der Waals surface area contributed by atoms with E-state index < -0.39 is 0 Å². The normalized spacial score (nSPS) is 10.9. The monoisotopic (exact) mass is 289 g/mol. The van der Waals surface area contributed by atoms with Gasteiger partial charge in [-0.05, 0) is 24.6 Å². The Morgan fingerprint density at radius 3 is 2.65 bits per heavy atom. The van der Waals surface area contributed by atoms with E-state index in [1.54, 1.807) is 7.11 Å². The largest absolute Gasteiger partial charge is 0.497 e. The van der Waals surface area contributed by atoms with Gasteiger partial charge in [0.2, 0.25) is 0 Å². The lowest BCUT2D eigenvalue weighted by molar-refractivity contribution is 0.415. The number of hydrogen-bond acceptors (Lipinski definition) is 3. The molecule has 6 heteroatoms. The van der Waals surface area contributed by atoms with Crippen LogP contribution in [0.1, 0.15) is 5.69 Å². The lowest BCUT2D eigenvalue weighted by atomic mass is 10.1. The minimum Gasteiger partial charge on any atom is -0.497 e. The number of nitrogens with zero attached hydrogens (tertiary/aromatic N) is 2. The quantitative estimate of drug-likeness (QED) is 0.738. The van der Waals surface area contributed by atoms with Crippen molar-refractivity contribution in [3.8, 4) is 16.9 Å². The molecule has 0 aliphatic rings. The van der Waals surface area contributed by atoms with Crippen LogP contribution >= 0.6 is 11.6 Å². The van der Waals surface area contributed by atoms with Gasteiger partial charge in [-0.2, -0.15) is 9.61 Å². The van der Waals surface area contributed by atoms with Crippen LogP contribution in [-0.4, -0.2) is 21.7 Å². The number of aromatic amines is 1. The Kier molecular flexibility index (Phi) is 2.99. The molecule has 0 amide bonds. The topological polar surface area (TPSA) is 59.4 Å². The molecular formula is C14H12ClN3O2. The van der Waals surface area contributed by atoms with Gasteiger partial charge in [0.25, 0.3) is 5.56 Å². The Morgan fingerprint density at radius 1 is 1.30 bits per heavy atom. The SMILES string of the molecule is COc1ccc(-c2c(C)nn3c(=O)cc(Cl)[nH]c23)cc1. The van der Waals surface area contributed by atoms with Gasteiger partial charge < -0.3 is 9.72 Å². The molecule has 1 aromatic carbocycles. The van der Waals surface area contributed by atoms with E-state index in [9.17, 15) is 4.79 Å². The van der Waals surface area contributed by atoms with Gasteiger partial charge in [0.15, 0.2) is 0 Å². The second kappa shape index (κ2) is 4.68. The van der Waals surface area contributed by atoms with E-state index in [0.29, 0.717) is 5.65 Å². The molecule has 0 fully saturated rings. The Morgan fingerprint density at radius 2 is 2.00 bits per heavy atom. The lowest BCUT2D eigenvalue weighted by Gasteiger charge is -2.03. The first-order valence-corrected chi connectivity index (χ1v) is 6.40. The van der Waals surface area contributed by atoms with Crippen LogP contribution in [0.2, 0.25) is 5.15 Å². The van der Waals surface area contributed by atoms with E-state index in [0.717, 1.165) is 22.6 Å². The molecule has 3 aromatic rings. The van der Waals surface area contributed by atoms with Crippen molar-refractivity contribution in [2.24, 2.45) is 0 Å². The summed E-state index contributed by atoms with van der Waals surface area (Å²) in [5.41, 5.74) is 2.88. The fourth-order valence-electron chi connectivity index (χ4n) is 2.22. The van der Waals surface area contributed by atoms with Gasteiger partial charge in [-0.3, -0.25) is 4.79 Å². The highest BCUT2D eigenvalue weighted by atomic mass is 35.5. The number of benzene rings is 1. The maximum Gasteiger partial charge on any atom is 0.275 e. The van der Waals surface area contributed by atoms with E-state index in [2.05, 4.69) is 10.1 Å². The van der Waals surface area contributed by atoms with Gasteiger partial charge in [0, 0.05) is 11.6 Å². The molecule has 2 heterocycles. The third-order valence-corrected chi connectivity index (χ3v) is 3.34. The molecule has 2 aromatic heterocycles. The number of rotatable bonds is 2. The van der Waals surface area contributed by atoms with Crippen molar-refractivity contribution in [2.45, 2.75) is 6.92 Å². The molecule has 0 bridgehead atoms. The van der Waals surface area contributed by atoms with Crippen LogP contribution in [0, 0.1) is 6.92 Å². The Bertz CT molecular complexity index is 834. The molecule has 0 saturated heterocycles. The number of fused-ring (bicyclic) bond motifs is 1. The summed E-state index contributed by atoms with van der Waals surface area (Å²) in [6.45, 7) is 1.85. The number of methoxy groups -OCH3 is 1. The van der Waals surface area contributed by atoms with Crippen molar-refractivity contribution in [1.82, 2.24) is 14.6 Å². The summed E-state index contributed by atoms with van der Waals surface area (Å²) in [5.74, 6) is 0.773. The summed E-state index contributed by atoms with van der Waals surface area (Å²) in [5, 5.41) is 4.54. The summed E-state index contributed by atoms with van der Waals surface area (Å²) in [4.78, 5) is 14.9. The smallest absolute Gasteiger partial charge is 0.275 e. The molecule has 0 unspecified atom stereocenters. The van der Waals surface area contributed by atoms with E-state index in [1.807, 2.05) is 31.2 Å². The number of H-pyrrole nitrogens is 1. The number of nitrogens with one attached hydrogen (secondary N) is 1. The van der Waals surface area contributed by atoms with Gasteiger partial charge in [-0.1, -0.05) is 23.7 Å². The Hall–Kier alpha value is -2.27. The van der Waals surface area contributed by atoms with Gasteiger partial charge in [0.05, 0.1) is 12.8 Å². The number of aryl methyl sites for hydroxylation is 1. The van der Waals surface area contributed by atoms with Crippen molar-refractivity contribution >= 4 is 17.2 Å². The fraction of sp³-hybridized carbons (Fsp3) is 0.143. The molecule has 0 atom stereocenters. The third-order valence-electron chi connectivity index (χ3n) is 3.14. The van der Waals surface area contributed by atoms with Crippen LogP contribution in [0.3, 0.4) is 0 Å². The predicted molar refractivity (Wildman–Crippen MR) is 77.5 cm³/mol. The van der Waals surface area contributed by atoms with Gasteiger partial charge in [-0.15, -0.1) is 0 Å². The molecule has 5 nitrogen and oxygen atoms in total. The van der Waals surface area contributed by atoms with Crippen molar-refractivity contribution in [3.05, 3.63) is 51.5 Å². The molecule has 20 heavy (non-hydrogen) atoms. The molecule has 102 valence electrons. The van der Waals surface area contributed by atoms with Crippen LogP contribution in [0.5, 0.6) is 5.75 Å².